The molecule has 1 aliphatic heterocycles. The lowest BCUT2D eigenvalue weighted by Crippen LogP contribution is -2.34. The maximum Gasteiger partial charge on any atom is 0.163 e. The van der Waals surface area contributed by atoms with Gasteiger partial charge in [0.05, 0.1) is 37.5 Å². The van der Waals surface area contributed by atoms with Crippen LogP contribution in [0.2, 0.25) is 0 Å². The predicted octanol–water partition coefficient (Wildman–Crippen LogP) is 1.14. The highest BCUT2D eigenvalue weighted by atomic mass is 16.6. The Morgan fingerprint density at radius 3 is 3.05 bits per heavy atom. The van der Waals surface area contributed by atoms with E-state index < -0.39 is 0 Å². The number of rotatable bonds is 5. The Balaban J connectivity index is 1.81. The summed E-state index contributed by atoms with van der Waals surface area (Å²) in [5.74, 6) is 1.67. The number of hydrogen-bond donors (Lipinski definition) is 1. The van der Waals surface area contributed by atoms with E-state index in [-0.39, 0.29) is 6.10 Å². The zero-order valence-electron chi connectivity index (χ0n) is 12.5. The Morgan fingerprint density at radius 2 is 2.29 bits per heavy atom. The summed E-state index contributed by atoms with van der Waals surface area (Å²) in [5.41, 5.74) is 0.858. The fraction of sp³-hybridized carbons (Fsp3) is 0.643. The number of fused-ring (bicyclic) bond motifs is 1. The molecule has 3 rings (SSSR count). The van der Waals surface area contributed by atoms with Crippen molar-refractivity contribution in [1.29, 1.82) is 0 Å². The molecule has 0 aromatic carbocycles. The molecule has 0 spiro atoms. The minimum absolute atomic E-state index is 0.0649. The second-order valence-electron chi connectivity index (χ2n) is 5.19. The van der Waals surface area contributed by atoms with Crippen LogP contribution in [0.4, 0.5) is 5.82 Å². The molecule has 1 N–H and O–H groups in total. The van der Waals surface area contributed by atoms with Gasteiger partial charge < -0.3 is 14.8 Å². The van der Waals surface area contributed by atoms with Crippen molar-refractivity contribution >= 4 is 16.9 Å². The van der Waals surface area contributed by atoms with E-state index >= 15 is 0 Å². The van der Waals surface area contributed by atoms with Gasteiger partial charge in [-0.3, -0.25) is 4.68 Å². The predicted molar refractivity (Wildman–Crippen MR) is 79.3 cm³/mol. The van der Waals surface area contributed by atoms with Gasteiger partial charge >= 0.3 is 0 Å². The quantitative estimate of drug-likeness (QED) is 0.890. The highest BCUT2D eigenvalue weighted by molar-refractivity contribution is 5.86. The maximum atomic E-state index is 5.64. The third-order valence-corrected chi connectivity index (χ3v) is 3.49. The Hall–Kier alpha value is -1.73. The number of nitrogens with zero attached hydrogens (tertiary/aromatic N) is 4. The molecule has 1 saturated heterocycles. The average Bonchev–Trinajstić information content (AvgIpc) is 2.88. The van der Waals surface area contributed by atoms with Crippen LogP contribution in [-0.4, -0.2) is 52.2 Å². The summed E-state index contributed by atoms with van der Waals surface area (Å²) in [6.45, 7) is 4.75. The van der Waals surface area contributed by atoms with Crippen molar-refractivity contribution in [3.63, 3.8) is 0 Å². The summed E-state index contributed by atoms with van der Waals surface area (Å²) in [6, 6.07) is 0. The van der Waals surface area contributed by atoms with Crippen molar-refractivity contribution < 1.29 is 9.47 Å². The van der Waals surface area contributed by atoms with Crippen molar-refractivity contribution in [2.75, 3.05) is 31.7 Å². The molecule has 2 aromatic rings. The number of aryl methyl sites for hydroxylation is 2. The molecule has 3 heterocycles. The molecule has 1 fully saturated rings. The van der Waals surface area contributed by atoms with Crippen molar-refractivity contribution in [2.24, 2.45) is 7.05 Å². The molecule has 0 aliphatic carbocycles. The van der Waals surface area contributed by atoms with Gasteiger partial charge in [0.15, 0.2) is 5.65 Å². The van der Waals surface area contributed by atoms with Crippen LogP contribution in [0.3, 0.4) is 0 Å². The van der Waals surface area contributed by atoms with Gasteiger partial charge in [-0.15, -0.1) is 0 Å². The van der Waals surface area contributed by atoms with Crippen LogP contribution in [0.5, 0.6) is 0 Å². The molecular weight excluding hydrogens is 270 g/mol. The molecule has 0 amide bonds. The smallest absolute Gasteiger partial charge is 0.163 e. The molecular formula is C14H21N5O2. The molecule has 1 atom stereocenters. The summed E-state index contributed by atoms with van der Waals surface area (Å²) >= 11 is 0. The number of ether oxygens (including phenoxy) is 2. The summed E-state index contributed by atoms with van der Waals surface area (Å²) in [4.78, 5) is 9.19. The van der Waals surface area contributed by atoms with E-state index in [0.29, 0.717) is 26.4 Å². The fourth-order valence-electron chi connectivity index (χ4n) is 2.40. The first-order valence-corrected chi connectivity index (χ1v) is 7.39. The van der Waals surface area contributed by atoms with Crippen LogP contribution in [0.15, 0.2) is 6.20 Å². The SMILES string of the molecule is CCCc1nc(NC[C@H]2COCCO2)c2cnn(C)c2n1. The number of aromatic nitrogens is 4. The minimum atomic E-state index is 0.0649. The largest absolute Gasteiger partial charge is 0.376 e. The van der Waals surface area contributed by atoms with Gasteiger partial charge in [-0.1, -0.05) is 6.92 Å². The normalized spacial score (nSPS) is 19.0. The van der Waals surface area contributed by atoms with Gasteiger partial charge in [0.1, 0.15) is 11.6 Å². The van der Waals surface area contributed by atoms with E-state index in [1.54, 1.807) is 10.9 Å². The van der Waals surface area contributed by atoms with E-state index in [1.165, 1.54) is 0 Å². The Kier molecular flexibility index (Phi) is 4.31. The van der Waals surface area contributed by atoms with Crippen LogP contribution in [0.25, 0.3) is 11.0 Å². The van der Waals surface area contributed by atoms with Crippen LogP contribution >= 0.6 is 0 Å². The van der Waals surface area contributed by atoms with Gasteiger partial charge in [0, 0.05) is 20.0 Å². The zero-order chi connectivity index (χ0) is 14.7. The van der Waals surface area contributed by atoms with E-state index in [1.807, 2.05) is 7.05 Å². The molecule has 2 aromatic heterocycles. The molecule has 7 heteroatoms. The van der Waals surface area contributed by atoms with Gasteiger partial charge in [-0.05, 0) is 6.42 Å². The highest BCUT2D eigenvalue weighted by Gasteiger charge is 2.16. The lowest BCUT2D eigenvalue weighted by molar-refractivity contribution is -0.0819. The van der Waals surface area contributed by atoms with E-state index in [4.69, 9.17) is 9.47 Å². The topological polar surface area (TPSA) is 74.1 Å². The average molecular weight is 291 g/mol. The Morgan fingerprint density at radius 1 is 1.38 bits per heavy atom. The molecule has 21 heavy (non-hydrogen) atoms. The second kappa shape index (κ2) is 6.36. The Labute approximate surface area is 123 Å². The third-order valence-electron chi connectivity index (χ3n) is 3.49. The minimum Gasteiger partial charge on any atom is -0.376 e. The van der Waals surface area contributed by atoms with Gasteiger partial charge in [-0.25, -0.2) is 9.97 Å². The van der Waals surface area contributed by atoms with Crippen molar-refractivity contribution in [3.05, 3.63) is 12.0 Å². The van der Waals surface area contributed by atoms with Crippen LogP contribution in [0, 0.1) is 0 Å². The van der Waals surface area contributed by atoms with Crippen LogP contribution in [0.1, 0.15) is 19.2 Å². The lowest BCUT2D eigenvalue weighted by Gasteiger charge is -2.23. The summed E-state index contributed by atoms with van der Waals surface area (Å²) in [6.07, 6.45) is 3.74. The lowest BCUT2D eigenvalue weighted by atomic mass is 10.3. The monoisotopic (exact) mass is 291 g/mol. The van der Waals surface area contributed by atoms with Gasteiger partial charge in [-0.2, -0.15) is 5.10 Å². The number of hydrogen-bond acceptors (Lipinski definition) is 6. The van der Waals surface area contributed by atoms with E-state index in [2.05, 4.69) is 27.3 Å². The molecule has 0 saturated carbocycles. The first kappa shape index (κ1) is 14.2. The van der Waals surface area contributed by atoms with Crippen molar-refractivity contribution in [1.82, 2.24) is 19.7 Å². The summed E-state index contributed by atoms with van der Waals surface area (Å²) < 4.78 is 12.8. The maximum absolute atomic E-state index is 5.64. The molecule has 114 valence electrons. The molecule has 7 nitrogen and oxygen atoms in total. The van der Waals surface area contributed by atoms with Gasteiger partial charge in [0.2, 0.25) is 0 Å². The summed E-state index contributed by atoms with van der Waals surface area (Å²) in [5, 5.41) is 8.57. The highest BCUT2D eigenvalue weighted by Crippen LogP contribution is 2.20. The van der Waals surface area contributed by atoms with Crippen LogP contribution in [-0.2, 0) is 22.9 Å². The summed E-state index contributed by atoms with van der Waals surface area (Å²) in [7, 11) is 1.90. The molecule has 0 unspecified atom stereocenters. The molecule has 0 radical (unpaired) electrons. The molecule has 0 bridgehead atoms. The van der Waals surface area contributed by atoms with E-state index in [9.17, 15) is 0 Å². The van der Waals surface area contributed by atoms with E-state index in [0.717, 1.165) is 35.5 Å². The standard InChI is InChI=1S/C14H21N5O2/c1-3-4-12-17-13(11-8-16-19(2)14(11)18-12)15-7-10-9-20-5-6-21-10/h8,10H,3-7,9H2,1-2H3,(H,15,17,18)/t10-/m0/s1. The fourth-order valence-corrected chi connectivity index (χ4v) is 2.40. The third kappa shape index (κ3) is 3.14. The van der Waals surface area contributed by atoms with Crippen molar-refractivity contribution in [2.45, 2.75) is 25.9 Å². The van der Waals surface area contributed by atoms with Gasteiger partial charge in [0.25, 0.3) is 0 Å². The second-order valence-corrected chi connectivity index (χ2v) is 5.19. The number of anilines is 1. The number of nitrogens with one attached hydrogen (secondary N) is 1. The first-order valence-electron chi connectivity index (χ1n) is 7.39. The Bertz CT molecular complexity index is 607. The first-order chi connectivity index (χ1) is 10.3. The van der Waals surface area contributed by atoms with Crippen LogP contribution < -0.4 is 5.32 Å². The zero-order valence-corrected chi connectivity index (χ0v) is 12.5. The van der Waals surface area contributed by atoms with Crippen molar-refractivity contribution in [3.8, 4) is 0 Å². The molecule has 1 aliphatic rings.